The van der Waals surface area contributed by atoms with Crippen LogP contribution in [0.3, 0.4) is 0 Å². The summed E-state index contributed by atoms with van der Waals surface area (Å²) < 4.78 is 22.9. The Bertz CT molecular complexity index is 1560. The molecule has 1 fully saturated rings. The van der Waals surface area contributed by atoms with Gasteiger partial charge in [-0.1, -0.05) is 0 Å². The summed E-state index contributed by atoms with van der Waals surface area (Å²) in [5, 5.41) is 4.48. The van der Waals surface area contributed by atoms with E-state index in [9.17, 15) is 18.8 Å². The Morgan fingerprint density at radius 2 is 1.92 bits per heavy atom. The molecular weight excluding hydrogens is 481 g/mol. The Morgan fingerprint density at radius 1 is 1.16 bits per heavy atom. The number of carbonyl (C=O) groups is 2. The maximum absolute atomic E-state index is 14.6. The lowest BCUT2D eigenvalue weighted by atomic mass is 9.92. The van der Waals surface area contributed by atoms with Crippen LogP contribution in [0.15, 0.2) is 41.5 Å². The van der Waals surface area contributed by atoms with Crippen LogP contribution in [0.4, 0.5) is 4.39 Å². The predicted molar refractivity (Wildman–Crippen MR) is 132 cm³/mol. The highest BCUT2D eigenvalue weighted by Gasteiger charge is 2.26. The van der Waals surface area contributed by atoms with Gasteiger partial charge < -0.3 is 9.57 Å². The zero-order valence-electron chi connectivity index (χ0n) is 20.7. The highest BCUT2D eigenvalue weighted by Crippen LogP contribution is 2.28. The topological polar surface area (TPSA) is 121 Å². The third kappa shape index (κ3) is 4.57. The van der Waals surface area contributed by atoms with E-state index >= 15 is 0 Å². The van der Waals surface area contributed by atoms with Gasteiger partial charge in [0.25, 0.3) is 0 Å². The molecule has 4 heterocycles. The lowest BCUT2D eigenvalue weighted by Gasteiger charge is -2.22. The van der Waals surface area contributed by atoms with Gasteiger partial charge in [0, 0.05) is 36.1 Å². The van der Waals surface area contributed by atoms with Crippen molar-refractivity contribution < 1.29 is 23.6 Å². The quantitative estimate of drug-likeness (QED) is 0.379. The Morgan fingerprint density at radius 3 is 2.62 bits per heavy atom. The number of halogens is 1. The van der Waals surface area contributed by atoms with Crippen molar-refractivity contribution in [2.24, 2.45) is 0 Å². The summed E-state index contributed by atoms with van der Waals surface area (Å²) in [6.45, 7) is 5.49. The van der Waals surface area contributed by atoms with Gasteiger partial charge >= 0.3 is 5.69 Å². The summed E-state index contributed by atoms with van der Waals surface area (Å²) in [5.74, 6) is -1.67. The van der Waals surface area contributed by atoms with Crippen molar-refractivity contribution in [2.75, 3.05) is 13.2 Å². The third-order valence-corrected chi connectivity index (χ3v) is 6.56. The second kappa shape index (κ2) is 9.74. The number of pyridine rings is 1. The summed E-state index contributed by atoms with van der Waals surface area (Å²) in [5.41, 5.74) is 1.45. The lowest BCUT2D eigenvalue weighted by Crippen LogP contribution is -2.28. The molecule has 0 bridgehead atoms. The van der Waals surface area contributed by atoms with E-state index in [0.717, 1.165) is 29.2 Å². The molecule has 37 heavy (non-hydrogen) atoms. The number of aromatic amines is 1. The summed E-state index contributed by atoms with van der Waals surface area (Å²) in [6.07, 6.45) is 4.44. The molecule has 0 spiro atoms. The number of nitrogens with one attached hydrogen (secondary N) is 1. The smallest absolute Gasteiger partial charge is 0.360 e. The van der Waals surface area contributed by atoms with Crippen LogP contribution in [0.2, 0.25) is 0 Å². The minimum atomic E-state index is -0.998. The zero-order valence-corrected chi connectivity index (χ0v) is 20.7. The minimum Gasteiger partial charge on any atom is -0.401 e. The molecule has 11 heteroatoms. The minimum absolute atomic E-state index is 0.0892. The molecule has 0 amide bonds. The number of ketones is 2. The molecule has 4 aromatic rings. The van der Waals surface area contributed by atoms with Crippen molar-refractivity contribution in [2.45, 2.75) is 45.8 Å². The lowest BCUT2D eigenvalue weighted by molar-refractivity contribution is 0.0475. The monoisotopic (exact) mass is 507 g/mol. The Hall–Kier alpha value is -4.12. The average molecular weight is 508 g/mol. The average Bonchev–Trinajstić information content (AvgIpc) is 3.48. The highest BCUT2D eigenvalue weighted by atomic mass is 19.1. The SMILES string of the molecule is CC(=O)c1ccc(F)c(C(C)=O)c1C(C)On1c(=O)[nH]c2nc(-c3cnn(C4CCOCC4)c3)ccc21. The molecule has 1 aromatic carbocycles. The molecular formula is C26H26FN5O5. The van der Waals surface area contributed by atoms with Crippen molar-refractivity contribution >= 4 is 22.7 Å². The second-order valence-electron chi connectivity index (χ2n) is 9.08. The maximum atomic E-state index is 14.6. The molecule has 1 aliphatic heterocycles. The Balaban J connectivity index is 1.48. The summed E-state index contributed by atoms with van der Waals surface area (Å²) in [7, 11) is 0. The number of benzene rings is 1. The molecule has 1 unspecified atom stereocenters. The number of carbonyl (C=O) groups excluding carboxylic acids is 2. The van der Waals surface area contributed by atoms with E-state index in [0.29, 0.717) is 24.4 Å². The highest BCUT2D eigenvalue weighted by molar-refractivity contribution is 6.02. The number of Topliss-reactive ketones (excluding diaryl/α,β-unsaturated/α-hetero) is 2. The van der Waals surface area contributed by atoms with Crippen LogP contribution >= 0.6 is 0 Å². The van der Waals surface area contributed by atoms with Crippen LogP contribution in [-0.4, -0.2) is 49.3 Å². The molecule has 0 radical (unpaired) electrons. The summed E-state index contributed by atoms with van der Waals surface area (Å²) in [6, 6.07) is 6.08. The fourth-order valence-corrected chi connectivity index (χ4v) is 4.75. The van der Waals surface area contributed by atoms with Crippen LogP contribution in [0.5, 0.6) is 0 Å². The molecule has 1 N–H and O–H groups in total. The zero-order chi connectivity index (χ0) is 26.3. The van der Waals surface area contributed by atoms with E-state index in [-0.39, 0.29) is 34.2 Å². The standard InChI is InChI=1S/C26H26FN5O5/c1-14(33)19-4-5-20(27)23(15(2)34)24(19)16(3)37-32-22-7-6-21(29-25(22)30-26(32)35)17-12-28-31(13-17)18-8-10-36-11-9-18/h4-7,12-13,16,18H,8-11H2,1-3H3,(H,29,30,35). The van der Waals surface area contributed by atoms with Crippen LogP contribution in [0.25, 0.3) is 22.4 Å². The molecule has 0 saturated carbocycles. The van der Waals surface area contributed by atoms with Gasteiger partial charge in [-0.15, -0.1) is 4.73 Å². The third-order valence-electron chi connectivity index (χ3n) is 6.56. The maximum Gasteiger partial charge on any atom is 0.360 e. The van der Waals surface area contributed by atoms with Gasteiger partial charge in [0.05, 0.1) is 23.5 Å². The van der Waals surface area contributed by atoms with Crippen LogP contribution in [-0.2, 0) is 4.74 Å². The molecule has 5 rings (SSSR count). The number of hydrogen-bond acceptors (Lipinski definition) is 7. The second-order valence-corrected chi connectivity index (χ2v) is 9.08. The van der Waals surface area contributed by atoms with Crippen molar-refractivity contribution in [1.82, 2.24) is 24.5 Å². The van der Waals surface area contributed by atoms with Gasteiger partial charge in [-0.25, -0.2) is 14.2 Å². The number of fused-ring (bicyclic) bond motifs is 1. The van der Waals surface area contributed by atoms with E-state index in [1.54, 1.807) is 25.3 Å². The molecule has 1 saturated heterocycles. The molecule has 192 valence electrons. The number of H-pyrrole nitrogens is 1. The van der Waals surface area contributed by atoms with Gasteiger partial charge in [0.15, 0.2) is 17.2 Å². The van der Waals surface area contributed by atoms with Gasteiger partial charge in [0.2, 0.25) is 0 Å². The van der Waals surface area contributed by atoms with Gasteiger partial charge in [0.1, 0.15) is 17.4 Å². The number of hydrogen-bond donors (Lipinski definition) is 1. The van der Waals surface area contributed by atoms with Crippen molar-refractivity contribution in [3.05, 3.63) is 69.7 Å². The van der Waals surface area contributed by atoms with Crippen molar-refractivity contribution in [3.8, 4) is 11.3 Å². The number of imidazole rings is 1. The van der Waals surface area contributed by atoms with E-state index in [1.807, 2.05) is 10.9 Å². The van der Waals surface area contributed by atoms with E-state index in [1.165, 1.54) is 19.9 Å². The Kier molecular flexibility index (Phi) is 6.46. The molecule has 10 nitrogen and oxygen atoms in total. The molecule has 0 aliphatic carbocycles. The number of nitrogens with zero attached hydrogens (tertiary/aromatic N) is 4. The van der Waals surface area contributed by atoms with Gasteiger partial charge in [-0.2, -0.15) is 5.10 Å². The fourth-order valence-electron chi connectivity index (χ4n) is 4.75. The molecule has 3 aromatic heterocycles. The normalized spacial score (nSPS) is 15.1. The summed E-state index contributed by atoms with van der Waals surface area (Å²) in [4.78, 5) is 50.3. The Labute approximate surface area is 211 Å². The number of ether oxygens (including phenoxy) is 1. The van der Waals surface area contributed by atoms with E-state index in [4.69, 9.17) is 9.57 Å². The van der Waals surface area contributed by atoms with E-state index < -0.39 is 23.4 Å². The fraction of sp³-hybridized carbons (Fsp3) is 0.346. The molecule has 1 atom stereocenters. The first-order chi connectivity index (χ1) is 17.7. The predicted octanol–water partition coefficient (Wildman–Crippen LogP) is 3.67. The van der Waals surface area contributed by atoms with E-state index in [2.05, 4.69) is 15.1 Å². The number of aromatic nitrogens is 5. The van der Waals surface area contributed by atoms with Crippen molar-refractivity contribution in [3.63, 3.8) is 0 Å². The largest absolute Gasteiger partial charge is 0.401 e. The van der Waals surface area contributed by atoms with Crippen LogP contribution in [0.1, 0.15) is 72.0 Å². The van der Waals surface area contributed by atoms with Gasteiger partial charge in [-0.05, 0) is 57.9 Å². The van der Waals surface area contributed by atoms with Crippen LogP contribution < -0.4 is 10.5 Å². The first-order valence-electron chi connectivity index (χ1n) is 12.0. The van der Waals surface area contributed by atoms with Crippen molar-refractivity contribution in [1.29, 1.82) is 0 Å². The first kappa shape index (κ1) is 24.6. The first-order valence-corrected chi connectivity index (χ1v) is 12.0. The molecule has 1 aliphatic rings. The number of rotatable bonds is 7. The van der Waals surface area contributed by atoms with Crippen LogP contribution in [0, 0.1) is 5.82 Å². The van der Waals surface area contributed by atoms with Gasteiger partial charge in [-0.3, -0.25) is 19.3 Å². The summed E-state index contributed by atoms with van der Waals surface area (Å²) >= 11 is 0.